The Labute approximate surface area is 184 Å². The second-order valence-corrected chi connectivity index (χ2v) is 7.49. The molecule has 0 bridgehead atoms. The largest absolute Gasteiger partial charge is 0.367 e. The van der Waals surface area contributed by atoms with Gasteiger partial charge in [-0.15, -0.1) is 0 Å². The van der Waals surface area contributed by atoms with E-state index in [-0.39, 0.29) is 22.3 Å². The number of unbranched alkanes of at least 4 members (excludes halogenated alkanes) is 1. The Balaban J connectivity index is 1.55. The molecule has 3 rings (SSSR count). The second-order valence-electron chi connectivity index (χ2n) is 6.71. The minimum atomic E-state index is -0.261. The lowest BCUT2D eigenvalue weighted by molar-refractivity contribution is 0.0953. The Morgan fingerprint density at radius 1 is 1.10 bits per heavy atom. The van der Waals surface area contributed by atoms with Gasteiger partial charge >= 0.3 is 0 Å². The molecule has 7 nitrogen and oxygen atoms in total. The number of hydrogen-bond acceptors (Lipinski definition) is 5. The van der Waals surface area contributed by atoms with Crippen LogP contribution in [0.3, 0.4) is 0 Å². The second kappa shape index (κ2) is 9.73. The number of para-hydroxylation sites is 2. The van der Waals surface area contributed by atoms with Crippen molar-refractivity contribution < 1.29 is 4.79 Å². The number of anilines is 1. The van der Waals surface area contributed by atoms with Gasteiger partial charge in [0.15, 0.2) is 11.3 Å². The average molecular weight is 445 g/mol. The lowest BCUT2D eigenvalue weighted by Gasteiger charge is -2.13. The average Bonchev–Trinajstić information content (AvgIpc) is 2.72. The molecule has 0 aliphatic rings. The van der Waals surface area contributed by atoms with E-state index in [1.54, 1.807) is 29.7 Å². The first kappa shape index (κ1) is 21.8. The normalized spacial score (nSPS) is 10.8. The minimum absolute atomic E-state index is 0.144. The van der Waals surface area contributed by atoms with Gasteiger partial charge in [-0.1, -0.05) is 41.4 Å². The smallest absolute Gasteiger partial charge is 0.252 e. The number of hydrogen-bond donors (Lipinski definition) is 4. The van der Waals surface area contributed by atoms with Crippen molar-refractivity contribution in [3.63, 3.8) is 0 Å². The summed E-state index contributed by atoms with van der Waals surface area (Å²) in [6.45, 7) is 2.72. The molecule has 1 amide bonds. The third-order valence-electron chi connectivity index (χ3n) is 4.52. The van der Waals surface area contributed by atoms with Crippen LogP contribution in [0.25, 0.3) is 11.0 Å². The van der Waals surface area contributed by atoms with Crippen LogP contribution in [-0.2, 0) is 0 Å². The van der Waals surface area contributed by atoms with Crippen molar-refractivity contribution in [2.75, 3.05) is 18.4 Å². The summed E-state index contributed by atoms with van der Waals surface area (Å²) >= 11 is 12.0. The van der Waals surface area contributed by atoms with Gasteiger partial charge in [0.1, 0.15) is 5.84 Å². The molecule has 30 heavy (non-hydrogen) atoms. The molecule has 0 spiro atoms. The molecule has 0 aliphatic carbocycles. The third-order valence-corrected chi connectivity index (χ3v) is 5.33. The van der Waals surface area contributed by atoms with Crippen molar-refractivity contribution in [2.45, 2.75) is 19.8 Å². The summed E-state index contributed by atoms with van der Waals surface area (Å²) in [5, 5.41) is 23.0. The van der Waals surface area contributed by atoms with E-state index >= 15 is 0 Å². The number of carbonyl (C=O) groups excluding carboxylic acids is 1. The van der Waals surface area contributed by atoms with Gasteiger partial charge in [-0.25, -0.2) is 4.98 Å². The number of carbonyl (C=O) groups is 1. The zero-order chi connectivity index (χ0) is 21.7. The number of rotatable bonds is 7. The molecule has 1 aromatic heterocycles. The Morgan fingerprint density at radius 2 is 1.83 bits per heavy atom. The minimum Gasteiger partial charge on any atom is -0.367 e. The van der Waals surface area contributed by atoms with Crippen LogP contribution in [0.4, 0.5) is 5.82 Å². The van der Waals surface area contributed by atoms with Crippen molar-refractivity contribution in [1.29, 1.82) is 10.8 Å². The summed E-state index contributed by atoms with van der Waals surface area (Å²) in [7, 11) is 0. The van der Waals surface area contributed by atoms with Crippen LogP contribution >= 0.6 is 23.2 Å². The monoisotopic (exact) mass is 444 g/mol. The molecule has 0 aliphatic heterocycles. The van der Waals surface area contributed by atoms with Gasteiger partial charge in [0.25, 0.3) is 5.91 Å². The van der Waals surface area contributed by atoms with Crippen LogP contribution in [0, 0.1) is 10.8 Å². The fourth-order valence-electron chi connectivity index (χ4n) is 3.05. The Morgan fingerprint density at radius 3 is 2.60 bits per heavy atom. The van der Waals surface area contributed by atoms with Gasteiger partial charge in [0.2, 0.25) is 0 Å². The van der Waals surface area contributed by atoms with Crippen molar-refractivity contribution in [3.8, 4) is 0 Å². The maximum Gasteiger partial charge on any atom is 0.252 e. The molecular formula is C21H22Cl2N6O. The summed E-state index contributed by atoms with van der Waals surface area (Å²) in [4.78, 5) is 16.7. The van der Waals surface area contributed by atoms with Gasteiger partial charge in [0.05, 0.1) is 26.6 Å². The summed E-state index contributed by atoms with van der Waals surface area (Å²) < 4.78 is 1.56. The summed E-state index contributed by atoms with van der Waals surface area (Å²) in [5.41, 5.74) is 1.94. The molecule has 3 aromatic rings. The molecule has 0 atom stereocenters. The number of amides is 1. The van der Waals surface area contributed by atoms with E-state index in [2.05, 4.69) is 15.6 Å². The first-order valence-electron chi connectivity index (χ1n) is 9.48. The quantitative estimate of drug-likeness (QED) is 0.248. The van der Waals surface area contributed by atoms with Gasteiger partial charge in [-0.3, -0.25) is 20.2 Å². The molecular weight excluding hydrogens is 423 g/mol. The van der Waals surface area contributed by atoms with Crippen molar-refractivity contribution in [1.82, 2.24) is 14.9 Å². The van der Waals surface area contributed by atoms with Crippen LogP contribution in [0.2, 0.25) is 10.0 Å². The van der Waals surface area contributed by atoms with Crippen molar-refractivity contribution >= 4 is 51.8 Å². The zero-order valence-electron chi connectivity index (χ0n) is 16.4. The summed E-state index contributed by atoms with van der Waals surface area (Å²) in [6.07, 6.45) is 1.50. The number of halogens is 2. The highest BCUT2D eigenvalue weighted by molar-refractivity contribution is 6.43. The number of nitrogens with one attached hydrogen (secondary N) is 4. The van der Waals surface area contributed by atoms with Gasteiger partial charge in [0, 0.05) is 13.1 Å². The highest BCUT2D eigenvalue weighted by Gasteiger charge is 2.12. The number of benzene rings is 2. The van der Waals surface area contributed by atoms with Gasteiger partial charge in [-0.05, 0) is 44.0 Å². The van der Waals surface area contributed by atoms with Crippen LogP contribution in [-0.4, -0.2) is 34.4 Å². The first-order valence-corrected chi connectivity index (χ1v) is 10.2. The standard InChI is InChI=1S/C21H22Cl2N6O/c1-13(24)29-17-10-3-2-9-16(17)28-20(19(29)25)26-11-4-5-12-27-21(30)14-7-6-8-15(22)18(14)23/h2-3,6-10,24-25H,4-5,11-12H2,1H3,(H,26,28)(H,27,30). The molecule has 4 N–H and O–H groups in total. The number of aromatic nitrogens is 2. The van der Waals surface area contributed by atoms with E-state index in [1.165, 1.54) is 0 Å². The summed E-state index contributed by atoms with van der Waals surface area (Å²) in [6, 6.07) is 12.4. The van der Waals surface area contributed by atoms with E-state index in [0.717, 1.165) is 18.4 Å². The number of nitrogens with zero attached hydrogens (tertiary/aromatic N) is 2. The van der Waals surface area contributed by atoms with E-state index in [0.29, 0.717) is 35.0 Å². The van der Waals surface area contributed by atoms with Crippen LogP contribution < -0.4 is 16.1 Å². The molecule has 0 saturated carbocycles. The van der Waals surface area contributed by atoms with Crippen molar-refractivity contribution in [3.05, 3.63) is 63.6 Å². The fourth-order valence-corrected chi connectivity index (χ4v) is 3.44. The highest BCUT2D eigenvalue weighted by Crippen LogP contribution is 2.25. The van der Waals surface area contributed by atoms with Gasteiger partial charge in [-0.2, -0.15) is 0 Å². The SMILES string of the molecule is CC(=N)n1c(=N)c(NCCCCNC(=O)c2cccc(Cl)c2Cl)nc2ccccc21. The fraction of sp³-hybridized carbons (Fsp3) is 0.238. The maximum absolute atomic E-state index is 12.2. The van der Waals surface area contributed by atoms with Gasteiger partial charge < -0.3 is 10.6 Å². The van der Waals surface area contributed by atoms with Crippen LogP contribution in [0.1, 0.15) is 30.1 Å². The first-order chi connectivity index (χ1) is 14.4. The van der Waals surface area contributed by atoms with E-state index in [9.17, 15) is 4.79 Å². The molecule has 0 fully saturated rings. The lowest BCUT2D eigenvalue weighted by Crippen LogP contribution is -2.29. The maximum atomic E-state index is 12.2. The predicted octanol–water partition coefficient (Wildman–Crippen LogP) is 4.29. The molecule has 2 aromatic carbocycles. The van der Waals surface area contributed by atoms with E-state index in [4.69, 9.17) is 34.0 Å². The molecule has 1 heterocycles. The molecule has 0 saturated heterocycles. The third kappa shape index (κ3) is 4.80. The molecule has 0 unspecified atom stereocenters. The van der Waals surface area contributed by atoms with E-state index < -0.39 is 0 Å². The molecule has 0 radical (unpaired) electrons. The zero-order valence-corrected chi connectivity index (χ0v) is 17.9. The van der Waals surface area contributed by atoms with Crippen LogP contribution in [0.15, 0.2) is 42.5 Å². The molecule has 9 heteroatoms. The Hall–Kier alpha value is -2.90. The van der Waals surface area contributed by atoms with E-state index in [1.807, 2.05) is 24.3 Å². The number of fused-ring (bicyclic) bond motifs is 1. The summed E-state index contributed by atoms with van der Waals surface area (Å²) in [5.74, 6) is 0.418. The highest BCUT2D eigenvalue weighted by atomic mass is 35.5. The predicted molar refractivity (Wildman–Crippen MR) is 121 cm³/mol. The Kier molecular flexibility index (Phi) is 7.07. The Bertz CT molecular complexity index is 1160. The van der Waals surface area contributed by atoms with Crippen molar-refractivity contribution in [2.24, 2.45) is 0 Å². The lowest BCUT2D eigenvalue weighted by atomic mass is 10.2. The van der Waals surface area contributed by atoms with Crippen LogP contribution in [0.5, 0.6) is 0 Å². The molecule has 156 valence electrons. The topological polar surface area (TPSA) is 107 Å².